The Hall–Kier alpha value is -1.40. The van der Waals surface area contributed by atoms with Gasteiger partial charge in [-0.05, 0) is 25.0 Å². The molecule has 3 rings (SSSR count). The molecule has 0 bridgehead atoms. The van der Waals surface area contributed by atoms with Crippen molar-refractivity contribution in [1.82, 2.24) is 25.7 Å². The Bertz CT molecular complexity index is 576. The number of hydrogen-bond acceptors (Lipinski definition) is 4. The van der Waals surface area contributed by atoms with Gasteiger partial charge >= 0.3 is 0 Å². The molecule has 1 aromatic carbocycles. The molecule has 6 heteroatoms. The minimum Gasteiger partial charge on any atom is -0.333 e. The molecule has 1 saturated heterocycles. The van der Waals surface area contributed by atoms with Gasteiger partial charge in [-0.15, -0.1) is 12.4 Å². The van der Waals surface area contributed by atoms with Crippen LogP contribution in [-0.2, 0) is 13.1 Å². The van der Waals surface area contributed by atoms with E-state index < -0.39 is 0 Å². The predicted octanol–water partition coefficient (Wildman–Crippen LogP) is 1.94. The number of hydrogen-bond donors (Lipinski definition) is 3. The van der Waals surface area contributed by atoms with E-state index in [1.807, 2.05) is 18.7 Å². The Kier molecular flexibility index (Phi) is 6.59. The third-order valence-corrected chi connectivity index (χ3v) is 4.45. The number of imidazole rings is 1. The average Bonchev–Trinajstić information content (AvgIpc) is 3.12. The van der Waals surface area contributed by atoms with Crippen molar-refractivity contribution in [1.29, 1.82) is 0 Å². The summed E-state index contributed by atoms with van der Waals surface area (Å²) in [5.74, 6) is 0.620. The van der Waals surface area contributed by atoms with Gasteiger partial charge in [-0.2, -0.15) is 0 Å². The number of benzene rings is 1. The normalized spacial score (nSPS) is 23.7. The summed E-state index contributed by atoms with van der Waals surface area (Å²) in [6.07, 6.45) is 5.67. The highest BCUT2D eigenvalue weighted by Crippen LogP contribution is 2.13. The molecule has 1 aromatic heterocycles. The first kappa shape index (κ1) is 17.9. The van der Waals surface area contributed by atoms with E-state index in [1.165, 1.54) is 11.1 Å². The van der Waals surface area contributed by atoms with E-state index in [0.29, 0.717) is 18.0 Å². The molecule has 0 saturated carbocycles. The van der Waals surface area contributed by atoms with Crippen LogP contribution < -0.4 is 16.2 Å². The second-order valence-corrected chi connectivity index (χ2v) is 6.22. The zero-order chi connectivity index (χ0) is 15.4. The van der Waals surface area contributed by atoms with Crippen molar-refractivity contribution in [2.45, 2.75) is 39.0 Å². The summed E-state index contributed by atoms with van der Waals surface area (Å²) in [7, 11) is 0. The van der Waals surface area contributed by atoms with Gasteiger partial charge in [0.1, 0.15) is 0 Å². The first-order valence-electron chi connectivity index (χ1n) is 7.97. The molecule has 126 valence electrons. The number of halogens is 1. The molecule has 2 atom stereocenters. The van der Waals surface area contributed by atoms with Crippen LogP contribution in [0.4, 0.5) is 0 Å². The van der Waals surface area contributed by atoms with Crippen molar-refractivity contribution in [2.24, 2.45) is 5.92 Å². The molecule has 3 N–H and O–H groups in total. The quantitative estimate of drug-likeness (QED) is 0.755. The molecular formula is C17H26ClN5. The molecule has 5 nitrogen and oxygen atoms in total. The van der Waals surface area contributed by atoms with Crippen molar-refractivity contribution < 1.29 is 0 Å². The molecule has 1 aliphatic heterocycles. The first-order chi connectivity index (χ1) is 10.7. The Labute approximate surface area is 144 Å². The summed E-state index contributed by atoms with van der Waals surface area (Å²) < 4.78 is 2.09. The van der Waals surface area contributed by atoms with E-state index in [9.17, 15) is 0 Å². The Balaban J connectivity index is 0.00000192. The lowest BCUT2D eigenvalue weighted by Crippen LogP contribution is -2.33. The van der Waals surface area contributed by atoms with Crippen molar-refractivity contribution >= 4 is 12.4 Å². The van der Waals surface area contributed by atoms with Gasteiger partial charge in [0.25, 0.3) is 0 Å². The highest BCUT2D eigenvalue weighted by molar-refractivity contribution is 5.85. The van der Waals surface area contributed by atoms with E-state index in [1.54, 1.807) is 0 Å². The van der Waals surface area contributed by atoms with Gasteiger partial charge in [0.2, 0.25) is 0 Å². The van der Waals surface area contributed by atoms with Crippen LogP contribution >= 0.6 is 12.4 Å². The second-order valence-electron chi connectivity index (χ2n) is 6.22. The van der Waals surface area contributed by atoms with Crippen LogP contribution in [0.5, 0.6) is 0 Å². The van der Waals surface area contributed by atoms with Crippen LogP contribution in [0, 0.1) is 5.92 Å². The number of nitrogens with zero attached hydrogens (tertiary/aromatic N) is 2. The van der Waals surface area contributed by atoms with Crippen LogP contribution in [0.3, 0.4) is 0 Å². The van der Waals surface area contributed by atoms with Crippen molar-refractivity contribution in [3.8, 4) is 0 Å². The van der Waals surface area contributed by atoms with E-state index in [2.05, 4.69) is 63.8 Å². The maximum Gasteiger partial charge on any atom is 0.0949 e. The highest BCUT2D eigenvalue weighted by atomic mass is 35.5. The number of aromatic nitrogens is 2. The van der Waals surface area contributed by atoms with Gasteiger partial charge in [0.05, 0.1) is 6.33 Å². The summed E-state index contributed by atoms with van der Waals surface area (Å²) in [5, 5.41) is 3.59. The maximum absolute atomic E-state index is 4.09. The third-order valence-electron chi connectivity index (χ3n) is 4.45. The topological polar surface area (TPSA) is 53.9 Å². The van der Waals surface area contributed by atoms with E-state index in [0.717, 1.165) is 19.6 Å². The molecule has 1 aliphatic rings. The Morgan fingerprint density at radius 3 is 2.61 bits per heavy atom. The fraction of sp³-hybridized carbons (Fsp3) is 0.471. The van der Waals surface area contributed by atoms with E-state index >= 15 is 0 Å². The van der Waals surface area contributed by atoms with Gasteiger partial charge in [0, 0.05) is 50.0 Å². The first-order valence-corrected chi connectivity index (χ1v) is 7.97. The van der Waals surface area contributed by atoms with Crippen molar-refractivity contribution in [3.05, 3.63) is 54.1 Å². The molecular weight excluding hydrogens is 310 g/mol. The zero-order valence-corrected chi connectivity index (χ0v) is 14.5. The zero-order valence-electron chi connectivity index (χ0n) is 13.7. The molecule has 1 fully saturated rings. The van der Waals surface area contributed by atoms with Crippen molar-refractivity contribution in [2.75, 3.05) is 6.54 Å². The fourth-order valence-electron chi connectivity index (χ4n) is 3.08. The SMILES string of the molecule is CC1NNC(C)C1CNCc1cccc(Cn2ccnc2)c1.Cl. The van der Waals surface area contributed by atoms with Crippen molar-refractivity contribution in [3.63, 3.8) is 0 Å². The molecule has 2 aromatic rings. The third kappa shape index (κ3) is 4.78. The summed E-state index contributed by atoms with van der Waals surface area (Å²) in [6, 6.07) is 9.77. The maximum atomic E-state index is 4.09. The molecule has 0 spiro atoms. The minimum absolute atomic E-state index is 0. The molecule has 2 heterocycles. The van der Waals surface area contributed by atoms with Crippen LogP contribution in [0.15, 0.2) is 43.0 Å². The second kappa shape index (κ2) is 8.45. The van der Waals surface area contributed by atoms with Gasteiger partial charge in [-0.1, -0.05) is 24.3 Å². The minimum atomic E-state index is 0. The van der Waals surface area contributed by atoms with Gasteiger partial charge in [-0.3, -0.25) is 10.9 Å². The molecule has 0 radical (unpaired) electrons. The highest BCUT2D eigenvalue weighted by Gasteiger charge is 2.28. The number of nitrogens with one attached hydrogen (secondary N) is 3. The lowest BCUT2D eigenvalue weighted by atomic mass is 9.96. The lowest BCUT2D eigenvalue weighted by Gasteiger charge is -2.18. The van der Waals surface area contributed by atoms with Crippen LogP contribution in [-0.4, -0.2) is 28.2 Å². The smallest absolute Gasteiger partial charge is 0.0949 e. The number of rotatable bonds is 6. The van der Waals surface area contributed by atoms with Gasteiger partial charge < -0.3 is 9.88 Å². The monoisotopic (exact) mass is 335 g/mol. The largest absolute Gasteiger partial charge is 0.333 e. The summed E-state index contributed by atoms with van der Waals surface area (Å²) in [4.78, 5) is 4.09. The van der Waals surface area contributed by atoms with Gasteiger partial charge in [-0.25, -0.2) is 4.98 Å². The predicted molar refractivity (Wildman–Crippen MR) is 95.4 cm³/mol. The summed E-state index contributed by atoms with van der Waals surface area (Å²) >= 11 is 0. The summed E-state index contributed by atoms with van der Waals surface area (Å²) in [6.45, 7) is 7.27. The average molecular weight is 336 g/mol. The lowest BCUT2D eigenvalue weighted by molar-refractivity contribution is 0.412. The molecule has 0 amide bonds. The fourth-order valence-corrected chi connectivity index (χ4v) is 3.08. The number of hydrazine groups is 1. The standard InChI is InChI=1S/C17H25N5.ClH/c1-13-17(14(2)21-20-13)10-19-9-15-4-3-5-16(8-15)11-22-7-6-18-12-22;/h3-8,12-14,17,19-21H,9-11H2,1-2H3;1H. The van der Waals surface area contributed by atoms with Crippen LogP contribution in [0.1, 0.15) is 25.0 Å². The van der Waals surface area contributed by atoms with Crippen LogP contribution in [0.25, 0.3) is 0 Å². The molecule has 2 unspecified atom stereocenters. The molecule has 23 heavy (non-hydrogen) atoms. The van der Waals surface area contributed by atoms with E-state index in [-0.39, 0.29) is 12.4 Å². The summed E-state index contributed by atoms with van der Waals surface area (Å²) in [5.41, 5.74) is 9.25. The Morgan fingerprint density at radius 1 is 1.17 bits per heavy atom. The van der Waals surface area contributed by atoms with Crippen LogP contribution in [0.2, 0.25) is 0 Å². The molecule has 0 aliphatic carbocycles. The van der Waals surface area contributed by atoms with Gasteiger partial charge in [0.15, 0.2) is 0 Å². The Morgan fingerprint density at radius 2 is 1.91 bits per heavy atom. The van der Waals surface area contributed by atoms with E-state index in [4.69, 9.17) is 0 Å².